The van der Waals surface area contributed by atoms with E-state index >= 15 is 0 Å². The summed E-state index contributed by atoms with van der Waals surface area (Å²) in [5.74, 6) is -0.974. The monoisotopic (exact) mass is 365 g/mol. The highest BCUT2D eigenvalue weighted by atomic mass is 32.2. The number of hydrogen-bond donors (Lipinski definition) is 1. The Morgan fingerprint density at radius 2 is 2.12 bits per heavy atom. The number of carboxylic acid groups (broad SMARTS) is 1. The molecule has 5 nitrogen and oxygen atoms in total. The topological polar surface area (TPSA) is 66.8 Å². The van der Waals surface area contributed by atoms with Crippen molar-refractivity contribution in [3.05, 3.63) is 34.7 Å². The van der Waals surface area contributed by atoms with E-state index in [-0.39, 0.29) is 16.1 Å². The molecular formula is C17H19NO4S2. The molecule has 128 valence electrons. The lowest BCUT2D eigenvalue weighted by Gasteiger charge is -2.27. The first-order chi connectivity index (χ1) is 11.4. The summed E-state index contributed by atoms with van der Waals surface area (Å²) in [7, 11) is 1.56. The third kappa shape index (κ3) is 3.62. The van der Waals surface area contributed by atoms with Crippen molar-refractivity contribution in [1.82, 2.24) is 4.90 Å². The predicted octanol–water partition coefficient (Wildman–Crippen LogP) is 3.40. The van der Waals surface area contributed by atoms with Crippen LogP contribution in [-0.2, 0) is 9.59 Å². The number of methoxy groups -OCH3 is 1. The van der Waals surface area contributed by atoms with Crippen LogP contribution in [-0.4, -0.2) is 39.4 Å². The zero-order valence-corrected chi connectivity index (χ0v) is 15.3. The normalized spacial score (nSPS) is 18.8. The molecule has 0 spiro atoms. The first-order valence-electron chi connectivity index (χ1n) is 7.53. The summed E-state index contributed by atoms with van der Waals surface area (Å²) in [6, 6.07) is 6.35. The number of aliphatic carboxylic acids is 1. The van der Waals surface area contributed by atoms with Gasteiger partial charge in [0.15, 0.2) is 0 Å². The third-order valence-corrected chi connectivity index (χ3v) is 5.29. The van der Waals surface area contributed by atoms with Crippen LogP contribution in [0.5, 0.6) is 5.75 Å². The first kappa shape index (κ1) is 18.5. The van der Waals surface area contributed by atoms with Crippen molar-refractivity contribution in [2.45, 2.75) is 26.3 Å². The van der Waals surface area contributed by atoms with E-state index in [4.69, 9.17) is 17.0 Å². The van der Waals surface area contributed by atoms with Crippen LogP contribution in [0.1, 0.15) is 25.8 Å². The van der Waals surface area contributed by atoms with Crippen molar-refractivity contribution in [2.75, 3.05) is 7.11 Å². The van der Waals surface area contributed by atoms with Gasteiger partial charge < -0.3 is 9.84 Å². The van der Waals surface area contributed by atoms with Crippen LogP contribution in [0.15, 0.2) is 29.2 Å². The fourth-order valence-corrected chi connectivity index (χ4v) is 3.80. The van der Waals surface area contributed by atoms with Gasteiger partial charge in [0.25, 0.3) is 5.91 Å². The predicted molar refractivity (Wildman–Crippen MR) is 98.9 cm³/mol. The average Bonchev–Trinajstić information content (AvgIpc) is 2.83. The summed E-state index contributed by atoms with van der Waals surface area (Å²) in [4.78, 5) is 26.0. The van der Waals surface area contributed by atoms with Crippen molar-refractivity contribution in [2.24, 2.45) is 5.92 Å². The van der Waals surface area contributed by atoms with Crippen LogP contribution in [0.25, 0.3) is 6.08 Å². The highest BCUT2D eigenvalue weighted by Gasteiger charge is 2.42. The lowest BCUT2D eigenvalue weighted by molar-refractivity contribution is -0.147. The van der Waals surface area contributed by atoms with Crippen LogP contribution >= 0.6 is 24.0 Å². The zero-order valence-electron chi connectivity index (χ0n) is 13.7. The summed E-state index contributed by atoms with van der Waals surface area (Å²) in [5, 5.41) is 9.53. The second-order valence-corrected chi connectivity index (χ2v) is 7.14. The van der Waals surface area contributed by atoms with E-state index in [1.54, 1.807) is 26.2 Å². The van der Waals surface area contributed by atoms with E-state index in [2.05, 4.69) is 0 Å². The lowest BCUT2D eigenvalue weighted by atomic mass is 9.98. The summed E-state index contributed by atoms with van der Waals surface area (Å²) in [6.07, 6.45) is 2.33. The highest BCUT2D eigenvalue weighted by Crippen LogP contribution is 2.37. The zero-order chi connectivity index (χ0) is 17.9. The number of carbonyl (C=O) groups is 2. The number of para-hydroxylation sites is 1. The minimum Gasteiger partial charge on any atom is -0.496 e. The van der Waals surface area contributed by atoms with Gasteiger partial charge in [0.2, 0.25) is 0 Å². The van der Waals surface area contributed by atoms with E-state index in [9.17, 15) is 14.7 Å². The molecular weight excluding hydrogens is 346 g/mol. The van der Waals surface area contributed by atoms with Gasteiger partial charge in [-0.2, -0.15) is 0 Å². The van der Waals surface area contributed by atoms with Crippen LogP contribution in [0.3, 0.4) is 0 Å². The molecule has 0 saturated carbocycles. The number of carboxylic acids is 1. The van der Waals surface area contributed by atoms with Crippen molar-refractivity contribution < 1.29 is 19.4 Å². The summed E-state index contributed by atoms with van der Waals surface area (Å²) < 4.78 is 5.55. The maximum atomic E-state index is 12.7. The minimum absolute atomic E-state index is 0.199. The second-order valence-electron chi connectivity index (χ2n) is 5.46. The highest BCUT2D eigenvalue weighted by molar-refractivity contribution is 8.26. The number of hydrogen-bond acceptors (Lipinski definition) is 5. The van der Waals surface area contributed by atoms with E-state index in [0.29, 0.717) is 17.1 Å². The second kappa shape index (κ2) is 7.81. The molecule has 1 aromatic rings. The fraction of sp³-hybridized carbons (Fsp3) is 0.353. The fourth-order valence-electron chi connectivity index (χ4n) is 2.48. The third-order valence-electron chi connectivity index (χ3n) is 3.96. The van der Waals surface area contributed by atoms with Crippen molar-refractivity contribution in [3.8, 4) is 5.75 Å². The molecule has 1 aromatic carbocycles. The van der Waals surface area contributed by atoms with Crippen molar-refractivity contribution >= 4 is 46.3 Å². The average molecular weight is 365 g/mol. The molecule has 0 aromatic heterocycles. The number of ether oxygens (including phenoxy) is 1. The number of thioether (sulfide) groups is 1. The standard InChI is InChI=1S/C17H19NO4S2/c1-4-10(2)14(16(20)21)18-15(19)13(24-17(18)23)9-11-7-5-6-8-12(11)22-3/h5-10,14H,4H2,1-3H3,(H,20,21)/b13-9-. The van der Waals surface area contributed by atoms with Crippen molar-refractivity contribution in [3.63, 3.8) is 0 Å². The molecule has 1 amide bonds. The Bertz CT molecular complexity index is 702. The van der Waals surface area contributed by atoms with E-state index < -0.39 is 12.0 Å². The number of benzene rings is 1. The molecule has 2 rings (SSSR count). The Hall–Kier alpha value is -1.86. The quantitative estimate of drug-likeness (QED) is 0.616. The molecule has 7 heteroatoms. The van der Waals surface area contributed by atoms with Gasteiger partial charge in [-0.15, -0.1) is 0 Å². The van der Waals surface area contributed by atoms with Crippen molar-refractivity contribution in [1.29, 1.82) is 0 Å². The number of rotatable bonds is 6. The van der Waals surface area contributed by atoms with Crippen LogP contribution in [0.4, 0.5) is 0 Å². The molecule has 1 aliphatic rings. The Balaban J connectivity index is 2.38. The first-order valence-corrected chi connectivity index (χ1v) is 8.76. The lowest BCUT2D eigenvalue weighted by Crippen LogP contribution is -2.47. The minimum atomic E-state index is -1.04. The van der Waals surface area contributed by atoms with Gasteiger partial charge in [0, 0.05) is 5.56 Å². The van der Waals surface area contributed by atoms with Gasteiger partial charge >= 0.3 is 5.97 Å². The number of nitrogens with zero attached hydrogens (tertiary/aromatic N) is 1. The molecule has 2 unspecified atom stereocenters. The molecule has 24 heavy (non-hydrogen) atoms. The molecule has 2 atom stereocenters. The number of thiocarbonyl (C=S) groups is 1. The smallest absolute Gasteiger partial charge is 0.327 e. The largest absolute Gasteiger partial charge is 0.496 e. The van der Waals surface area contributed by atoms with Gasteiger partial charge in [-0.05, 0) is 18.1 Å². The van der Waals surface area contributed by atoms with Crippen LogP contribution < -0.4 is 4.74 Å². The Morgan fingerprint density at radius 3 is 2.71 bits per heavy atom. The molecule has 0 bridgehead atoms. The van der Waals surface area contributed by atoms with Gasteiger partial charge in [0.1, 0.15) is 16.1 Å². The van der Waals surface area contributed by atoms with Gasteiger partial charge in [0.05, 0.1) is 12.0 Å². The van der Waals surface area contributed by atoms with Gasteiger partial charge in [-0.3, -0.25) is 9.69 Å². The molecule has 1 aliphatic heterocycles. The Morgan fingerprint density at radius 1 is 1.46 bits per heavy atom. The molecule has 0 aliphatic carbocycles. The molecule has 0 radical (unpaired) electrons. The maximum Gasteiger partial charge on any atom is 0.327 e. The maximum absolute atomic E-state index is 12.7. The summed E-state index contributed by atoms with van der Waals surface area (Å²) >= 11 is 6.39. The Labute approximate surface area is 150 Å². The van der Waals surface area contributed by atoms with Crippen LogP contribution in [0.2, 0.25) is 0 Å². The molecule has 1 heterocycles. The summed E-state index contributed by atoms with van der Waals surface area (Å²) in [6.45, 7) is 3.70. The summed E-state index contributed by atoms with van der Waals surface area (Å²) in [5.41, 5.74) is 0.746. The molecule has 1 fully saturated rings. The van der Waals surface area contributed by atoms with Crippen LogP contribution in [0, 0.1) is 5.92 Å². The van der Waals surface area contributed by atoms with Gasteiger partial charge in [-0.1, -0.05) is 62.4 Å². The van der Waals surface area contributed by atoms with E-state index in [1.807, 2.05) is 25.1 Å². The number of carbonyl (C=O) groups excluding carboxylic acids is 1. The SMILES string of the molecule is CCC(C)C(C(=O)O)N1C(=O)/C(=C/c2ccccc2OC)SC1=S. The van der Waals surface area contributed by atoms with E-state index in [1.165, 1.54) is 4.90 Å². The molecule has 1 saturated heterocycles. The van der Waals surface area contributed by atoms with Gasteiger partial charge in [-0.25, -0.2) is 4.79 Å². The molecule has 1 N–H and O–H groups in total. The van der Waals surface area contributed by atoms with E-state index in [0.717, 1.165) is 17.3 Å². The number of amides is 1. The Kier molecular flexibility index (Phi) is 6.01.